The van der Waals surface area contributed by atoms with E-state index in [4.69, 9.17) is 27.9 Å². The van der Waals surface area contributed by atoms with Crippen molar-refractivity contribution in [1.29, 1.82) is 0 Å². The number of halogens is 2. The molecule has 0 heterocycles. The third-order valence-corrected chi connectivity index (χ3v) is 7.49. The van der Waals surface area contributed by atoms with E-state index in [1.165, 1.54) is 17.0 Å². The van der Waals surface area contributed by atoms with Crippen LogP contribution in [0.3, 0.4) is 0 Å². The van der Waals surface area contributed by atoms with Gasteiger partial charge in [-0.05, 0) is 50.1 Å². The molecule has 11 heteroatoms. The lowest BCUT2D eigenvalue weighted by Crippen LogP contribution is -2.52. The van der Waals surface area contributed by atoms with E-state index in [1.54, 1.807) is 44.4 Å². The highest BCUT2D eigenvalue weighted by atomic mass is 35.5. The number of anilines is 1. The Morgan fingerprint density at radius 1 is 1.09 bits per heavy atom. The van der Waals surface area contributed by atoms with Crippen molar-refractivity contribution in [2.75, 3.05) is 24.2 Å². The number of carbonyl (C=O) groups excluding carboxylic acids is 2. The van der Waals surface area contributed by atoms with Gasteiger partial charge in [-0.15, -0.1) is 0 Å². The molecule has 0 bridgehead atoms. The van der Waals surface area contributed by atoms with Crippen molar-refractivity contribution >= 4 is 50.7 Å². The van der Waals surface area contributed by atoms with E-state index in [0.29, 0.717) is 5.75 Å². The van der Waals surface area contributed by atoms with Gasteiger partial charge in [0.15, 0.2) is 0 Å². The smallest absolute Gasteiger partial charge is 0.244 e. The number of sulfonamides is 1. The minimum Gasteiger partial charge on any atom is -0.497 e. The van der Waals surface area contributed by atoms with Crippen molar-refractivity contribution in [3.8, 4) is 5.75 Å². The average molecular weight is 545 g/mol. The molecule has 0 unspecified atom stereocenters. The van der Waals surface area contributed by atoms with Gasteiger partial charge in [0.25, 0.3) is 0 Å². The summed E-state index contributed by atoms with van der Waals surface area (Å²) in [5, 5.41) is 3.04. The van der Waals surface area contributed by atoms with E-state index in [2.05, 4.69) is 5.32 Å². The minimum absolute atomic E-state index is 0.0108. The van der Waals surface area contributed by atoms with Gasteiger partial charge in [0.2, 0.25) is 21.8 Å². The highest BCUT2D eigenvalue weighted by molar-refractivity contribution is 7.92. The lowest BCUT2D eigenvalue weighted by atomic mass is 10.1. The van der Waals surface area contributed by atoms with Crippen LogP contribution in [0, 0.1) is 0 Å². The third-order valence-electron chi connectivity index (χ3n) is 5.56. The molecule has 2 rings (SSSR count). The molecule has 192 valence electrons. The summed E-state index contributed by atoms with van der Waals surface area (Å²) in [6, 6.07) is 10.6. The summed E-state index contributed by atoms with van der Waals surface area (Å²) in [4.78, 5) is 27.8. The first-order valence-corrected chi connectivity index (χ1v) is 13.6. The predicted octanol–water partition coefficient (Wildman–Crippen LogP) is 4.10. The number of hydrogen-bond donors (Lipinski definition) is 1. The molecule has 0 aliphatic rings. The van der Waals surface area contributed by atoms with Crippen molar-refractivity contribution in [3.05, 3.63) is 58.1 Å². The number of nitrogens with zero attached hydrogens (tertiary/aromatic N) is 2. The maximum absolute atomic E-state index is 13.5. The number of methoxy groups -OCH3 is 1. The van der Waals surface area contributed by atoms with Crippen molar-refractivity contribution in [2.24, 2.45) is 0 Å². The lowest BCUT2D eigenvalue weighted by molar-refractivity contribution is -0.139. The summed E-state index contributed by atoms with van der Waals surface area (Å²) in [6.07, 6.45) is 1.70. The zero-order valence-corrected chi connectivity index (χ0v) is 22.7. The maximum atomic E-state index is 13.5. The van der Waals surface area contributed by atoms with Crippen LogP contribution in [0.4, 0.5) is 5.69 Å². The SMILES string of the molecule is CC[C@@H](C)NC(=O)[C@@H](C)N(Cc1ccc(OC)cc1)C(=O)CN(c1cccc(Cl)c1Cl)S(C)(=O)=O. The molecule has 0 spiro atoms. The van der Waals surface area contributed by atoms with Crippen molar-refractivity contribution < 1.29 is 22.7 Å². The standard InChI is InChI=1S/C24H31Cl2N3O5S/c1-6-16(2)27-24(31)17(3)28(14-18-10-12-19(34-4)13-11-18)22(30)15-29(35(5,32)33)21-9-7-8-20(25)23(21)26/h7-13,16-17H,6,14-15H2,1-5H3,(H,27,31)/t16-,17-/m1/s1. The second-order valence-electron chi connectivity index (χ2n) is 8.21. The van der Waals surface area contributed by atoms with Crippen LogP contribution in [0.5, 0.6) is 5.75 Å². The molecule has 8 nitrogen and oxygen atoms in total. The van der Waals surface area contributed by atoms with Crippen LogP contribution in [0.1, 0.15) is 32.8 Å². The van der Waals surface area contributed by atoms with E-state index < -0.39 is 28.5 Å². The van der Waals surface area contributed by atoms with Gasteiger partial charge in [-0.3, -0.25) is 13.9 Å². The van der Waals surface area contributed by atoms with E-state index in [9.17, 15) is 18.0 Å². The largest absolute Gasteiger partial charge is 0.497 e. The topological polar surface area (TPSA) is 96.0 Å². The molecule has 0 aliphatic heterocycles. The van der Waals surface area contributed by atoms with E-state index in [1.807, 2.05) is 13.8 Å². The zero-order chi connectivity index (χ0) is 26.3. The first kappa shape index (κ1) is 28.7. The fourth-order valence-electron chi connectivity index (χ4n) is 3.26. The van der Waals surface area contributed by atoms with Crippen molar-refractivity contribution in [2.45, 2.75) is 45.8 Å². The number of benzene rings is 2. The molecule has 0 saturated carbocycles. The first-order chi connectivity index (χ1) is 16.4. The van der Waals surface area contributed by atoms with Gasteiger partial charge < -0.3 is 15.0 Å². The molecule has 35 heavy (non-hydrogen) atoms. The van der Waals surface area contributed by atoms with Crippen LogP contribution in [-0.2, 0) is 26.2 Å². The molecule has 2 aromatic rings. The molecular formula is C24H31Cl2N3O5S. The van der Waals surface area contributed by atoms with Crippen LogP contribution in [0.2, 0.25) is 10.0 Å². The molecule has 2 aromatic carbocycles. The van der Waals surface area contributed by atoms with E-state index >= 15 is 0 Å². The summed E-state index contributed by atoms with van der Waals surface area (Å²) in [6.45, 7) is 4.94. The average Bonchev–Trinajstić information content (AvgIpc) is 2.81. The van der Waals surface area contributed by atoms with Gasteiger partial charge in [-0.25, -0.2) is 8.42 Å². The summed E-state index contributed by atoms with van der Waals surface area (Å²) >= 11 is 12.3. The Kier molecular flexibility index (Phi) is 10.2. The predicted molar refractivity (Wildman–Crippen MR) is 140 cm³/mol. The summed E-state index contributed by atoms with van der Waals surface area (Å²) in [5.41, 5.74) is 0.824. The molecule has 0 fully saturated rings. The molecule has 1 N–H and O–H groups in total. The highest BCUT2D eigenvalue weighted by Gasteiger charge is 2.31. The second-order valence-corrected chi connectivity index (χ2v) is 10.9. The molecule has 2 amide bonds. The van der Waals surface area contributed by atoms with Gasteiger partial charge >= 0.3 is 0 Å². The molecule has 0 aromatic heterocycles. The van der Waals surface area contributed by atoms with Crippen LogP contribution in [-0.4, -0.2) is 57.1 Å². The second kappa shape index (κ2) is 12.5. The number of carbonyl (C=O) groups is 2. The van der Waals surface area contributed by atoms with Crippen molar-refractivity contribution in [3.63, 3.8) is 0 Å². The summed E-state index contributed by atoms with van der Waals surface area (Å²) in [5.74, 6) is -0.268. The highest BCUT2D eigenvalue weighted by Crippen LogP contribution is 2.33. The van der Waals surface area contributed by atoms with Gasteiger partial charge in [0, 0.05) is 12.6 Å². The van der Waals surface area contributed by atoms with Crippen LogP contribution < -0.4 is 14.4 Å². The number of amides is 2. The Bertz CT molecular complexity index is 1140. The molecule has 0 aliphatic carbocycles. The summed E-state index contributed by atoms with van der Waals surface area (Å²) in [7, 11) is -2.36. The van der Waals surface area contributed by atoms with Crippen LogP contribution >= 0.6 is 23.2 Å². The number of hydrogen-bond acceptors (Lipinski definition) is 5. The minimum atomic E-state index is -3.91. The van der Waals surface area contributed by atoms with Gasteiger partial charge in [-0.1, -0.05) is 48.3 Å². The lowest BCUT2D eigenvalue weighted by Gasteiger charge is -2.32. The molecule has 0 radical (unpaired) electrons. The fraction of sp³-hybridized carbons (Fsp3) is 0.417. The zero-order valence-electron chi connectivity index (χ0n) is 20.4. The van der Waals surface area contributed by atoms with E-state index in [0.717, 1.165) is 22.5 Å². The maximum Gasteiger partial charge on any atom is 0.244 e. The first-order valence-electron chi connectivity index (χ1n) is 11.0. The van der Waals surface area contributed by atoms with Gasteiger partial charge in [0.1, 0.15) is 18.3 Å². The van der Waals surface area contributed by atoms with Crippen LogP contribution in [0.15, 0.2) is 42.5 Å². The number of nitrogens with one attached hydrogen (secondary N) is 1. The van der Waals surface area contributed by atoms with E-state index in [-0.39, 0.29) is 34.2 Å². The Morgan fingerprint density at radius 2 is 1.71 bits per heavy atom. The number of ether oxygens (including phenoxy) is 1. The quantitative estimate of drug-likeness (QED) is 0.460. The van der Waals surface area contributed by atoms with Gasteiger partial charge in [0.05, 0.1) is 29.1 Å². The van der Waals surface area contributed by atoms with Crippen molar-refractivity contribution in [1.82, 2.24) is 10.2 Å². The summed E-state index contributed by atoms with van der Waals surface area (Å²) < 4.78 is 31.3. The Hall–Kier alpha value is -2.49. The number of rotatable bonds is 11. The molecule has 2 atom stereocenters. The molecular weight excluding hydrogens is 513 g/mol. The Balaban J connectivity index is 2.42. The third kappa shape index (κ3) is 7.75. The van der Waals surface area contributed by atoms with Crippen LogP contribution in [0.25, 0.3) is 0 Å². The monoisotopic (exact) mass is 543 g/mol. The Morgan fingerprint density at radius 3 is 2.26 bits per heavy atom. The molecule has 0 saturated heterocycles. The fourth-order valence-corrected chi connectivity index (χ4v) is 4.56. The van der Waals surface area contributed by atoms with Gasteiger partial charge in [-0.2, -0.15) is 0 Å². The normalized spacial score (nSPS) is 13.0. The Labute approximate surface area is 217 Å².